The molecule has 3 aromatic heterocycles. The third-order valence-corrected chi connectivity index (χ3v) is 17.7. The largest absolute Gasteiger partial charge is 0.509 e. The number of likely N-dealkylation sites (tertiary alicyclic amines) is 1. The first kappa shape index (κ1) is 67.8. The summed E-state index contributed by atoms with van der Waals surface area (Å²) >= 11 is 0. The molecule has 26 nitrogen and oxygen atoms in total. The number of phenolic OH excluding ortho intramolecular Hbond substituents is 1. The number of aromatic hydroxyl groups is 1. The highest BCUT2D eigenvalue weighted by Crippen LogP contribution is 2.43. The van der Waals surface area contributed by atoms with Crippen LogP contribution in [0, 0.1) is 11.8 Å². The van der Waals surface area contributed by atoms with E-state index in [1.54, 1.807) is 70.9 Å². The Labute approximate surface area is 533 Å². The Morgan fingerprint density at radius 3 is 2.35 bits per heavy atom. The first-order valence-corrected chi connectivity index (χ1v) is 31.9. The van der Waals surface area contributed by atoms with Gasteiger partial charge in [0, 0.05) is 72.6 Å². The van der Waals surface area contributed by atoms with Crippen molar-refractivity contribution in [1.29, 1.82) is 0 Å². The molecule has 3 aliphatic heterocycles. The number of pyridine rings is 2. The van der Waals surface area contributed by atoms with E-state index < -0.39 is 71.4 Å². The molecular weight excluding hydrogens is 1190 g/mol. The van der Waals surface area contributed by atoms with Crippen molar-refractivity contribution < 1.29 is 67.1 Å². The Morgan fingerprint density at radius 1 is 0.891 bits per heavy atom. The molecule has 2 atom stereocenters. The number of cyclic esters (lactones) is 1. The van der Waals surface area contributed by atoms with Crippen molar-refractivity contribution in [2.24, 2.45) is 17.6 Å². The highest BCUT2D eigenvalue weighted by molar-refractivity contribution is 6.02. The van der Waals surface area contributed by atoms with Gasteiger partial charge in [0.05, 0.1) is 54.0 Å². The maximum atomic E-state index is 14.1. The monoisotopic (exact) mass is 1270 g/mol. The van der Waals surface area contributed by atoms with Crippen LogP contribution in [0.1, 0.15) is 152 Å². The zero-order chi connectivity index (χ0) is 65.9. The van der Waals surface area contributed by atoms with Crippen LogP contribution in [0.25, 0.3) is 22.3 Å². The van der Waals surface area contributed by atoms with Crippen LogP contribution in [0.15, 0.2) is 59.5 Å². The number of anilines is 1. The van der Waals surface area contributed by atoms with Gasteiger partial charge in [0.25, 0.3) is 5.56 Å². The number of aryl methyl sites for hydroxylation is 2. The van der Waals surface area contributed by atoms with E-state index >= 15 is 0 Å². The molecule has 0 spiro atoms. The van der Waals surface area contributed by atoms with Crippen molar-refractivity contribution in [2.75, 3.05) is 44.8 Å². The molecule has 0 radical (unpaired) electrons. The second-order valence-electron chi connectivity index (χ2n) is 25.4. The molecule has 26 heteroatoms. The van der Waals surface area contributed by atoms with Crippen LogP contribution in [0.3, 0.4) is 0 Å². The first-order chi connectivity index (χ1) is 44.0. The number of fused-ring (bicyclic) bond motifs is 5. The lowest BCUT2D eigenvalue weighted by molar-refractivity contribution is -0.175. The molecule has 2 unspecified atom stereocenters. The van der Waals surface area contributed by atoms with Crippen LogP contribution in [0.5, 0.6) is 5.75 Å². The fourth-order valence-electron chi connectivity index (χ4n) is 12.4. The first-order valence-electron chi connectivity index (χ1n) is 31.9. The van der Waals surface area contributed by atoms with Crippen LogP contribution in [0.2, 0.25) is 0 Å². The highest BCUT2D eigenvalue weighted by atomic mass is 16.7. The number of esters is 1. The maximum absolute atomic E-state index is 14.1. The van der Waals surface area contributed by atoms with Crippen LogP contribution in [0.4, 0.5) is 10.5 Å². The molecule has 6 amide bonds. The second kappa shape index (κ2) is 29.8. The zero-order valence-corrected chi connectivity index (χ0v) is 53.3. The Bertz CT molecular complexity index is 3610. The lowest BCUT2D eigenvalue weighted by Gasteiger charge is -2.35. The van der Waals surface area contributed by atoms with Gasteiger partial charge >= 0.3 is 12.1 Å². The lowest BCUT2D eigenvalue weighted by atomic mass is 9.81. The van der Waals surface area contributed by atoms with Gasteiger partial charge < -0.3 is 60.4 Å². The van der Waals surface area contributed by atoms with Gasteiger partial charge in [-0.2, -0.15) is 0 Å². The Morgan fingerprint density at radius 2 is 1.63 bits per heavy atom. The molecule has 92 heavy (non-hydrogen) atoms. The van der Waals surface area contributed by atoms with Crippen molar-refractivity contribution in [3.8, 4) is 17.1 Å². The third-order valence-electron chi connectivity index (χ3n) is 17.7. The molecular formula is C66H85N11O15. The number of aromatic nitrogens is 5. The minimum Gasteiger partial charge on any atom is -0.508 e. The molecule has 1 saturated heterocycles. The standard InChI is InChI=1S/C66H85N11O15/c1-7-46-47-31-45(78)20-21-51(47)71-58-48(46)36-76-53(58)32-50-49(61(76)85)37-90-62(86)66(50,8-2)92-63(87)89-29-24-40-14-18-43(19-15-40)69-60(84)52(11-9-10-27-67)70-54(79)38-88-39-55(80)72-64(3,4)26-30-91-65(5,6)25-28-75-35-44(73-74-75)33-68-59(83)42-16-12-41(13-17-42)34-77-56(81)22-23-57(77)82/h14-15,18-21,31-32,35,41-42,52,78H,7-13,16-17,22-30,33-34,36-39,67H2,1-6H3,(H,68,83)(H,69,84)(H,70,79)(H,72,80). The summed E-state index contributed by atoms with van der Waals surface area (Å²) in [6, 6.07) is 12.4. The van der Waals surface area contributed by atoms with Crippen molar-refractivity contribution in [2.45, 2.75) is 180 Å². The smallest absolute Gasteiger partial charge is 0.508 e. The maximum Gasteiger partial charge on any atom is 0.509 e. The van der Waals surface area contributed by atoms with Gasteiger partial charge in [0.15, 0.2) is 0 Å². The normalized spacial score (nSPS) is 18.2. The number of hydrogen-bond donors (Lipinski definition) is 6. The molecule has 1 aliphatic carbocycles. The molecule has 9 rings (SSSR count). The quantitative estimate of drug-likeness (QED) is 0.0180. The van der Waals surface area contributed by atoms with E-state index in [4.69, 9.17) is 34.4 Å². The van der Waals surface area contributed by atoms with Gasteiger partial charge in [-0.1, -0.05) is 31.2 Å². The van der Waals surface area contributed by atoms with E-state index in [2.05, 4.69) is 31.6 Å². The molecule has 494 valence electrons. The van der Waals surface area contributed by atoms with Crippen LogP contribution >= 0.6 is 0 Å². The number of amides is 6. The zero-order valence-electron chi connectivity index (χ0n) is 53.3. The van der Waals surface area contributed by atoms with Crippen molar-refractivity contribution >= 4 is 64.2 Å². The number of nitrogens with one attached hydrogen (secondary N) is 4. The number of carbonyl (C=O) groups is 8. The number of hydrogen-bond acceptors (Lipinski definition) is 19. The van der Waals surface area contributed by atoms with Crippen molar-refractivity contribution in [3.05, 3.63) is 98.6 Å². The van der Waals surface area contributed by atoms with E-state index in [1.807, 2.05) is 34.6 Å². The van der Waals surface area contributed by atoms with Crippen LogP contribution < -0.4 is 32.6 Å². The summed E-state index contributed by atoms with van der Waals surface area (Å²) in [6.45, 7) is 12.1. The summed E-state index contributed by atoms with van der Waals surface area (Å²) in [5.41, 5.74) is 7.72. The van der Waals surface area contributed by atoms with Gasteiger partial charge in [-0.15, -0.1) is 5.10 Å². The number of ether oxygens (including phenoxy) is 5. The summed E-state index contributed by atoms with van der Waals surface area (Å²) < 4.78 is 31.8. The van der Waals surface area contributed by atoms with E-state index in [0.717, 1.165) is 34.9 Å². The molecule has 0 bridgehead atoms. The van der Waals surface area contributed by atoms with Crippen molar-refractivity contribution in [1.82, 2.24) is 45.4 Å². The summed E-state index contributed by atoms with van der Waals surface area (Å²) in [6.07, 6.45) is 7.51. The molecule has 7 N–H and O–H groups in total. The topological polar surface area (TPSA) is 346 Å². The number of benzene rings is 2. The van der Waals surface area contributed by atoms with E-state index in [9.17, 15) is 48.3 Å². The van der Waals surface area contributed by atoms with Gasteiger partial charge in [-0.05, 0) is 158 Å². The van der Waals surface area contributed by atoms with Gasteiger partial charge in [0.2, 0.25) is 41.0 Å². The Kier molecular flexibility index (Phi) is 21.9. The number of imide groups is 1. The summed E-state index contributed by atoms with van der Waals surface area (Å²) in [5.74, 6) is -2.41. The van der Waals surface area contributed by atoms with E-state index in [1.165, 1.54) is 4.90 Å². The summed E-state index contributed by atoms with van der Waals surface area (Å²) in [7, 11) is 0. The molecule has 2 fully saturated rings. The average Bonchev–Trinajstić information content (AvgIpc) is 1.48. The number of carbonyl (C=O) groups excluding carboxylic acids is 8. The van der Waals surface area contributed by atoms with E-state index in [-0.39, 0.29) is 105 Å². The molecule has 1 saturated carbocycles. The summed E-state index contributed by atoms with van der Waals surface area (Å²) in [5, 5.41) is 30.9. The fraction of sp³-hybridized carbons (Fsp3) is 0.545. The molecule has 6 heterocycles. The van der Waals surface area contributed by atoms with E-state index in [0.29, 0.717) is 99.5 Å². The van der Waals surface area contributed by atoms with Gasteiger partial charge in [-0.25, -0.2) is 14.6 Å². The molecule has 2 aromatic carbocycles. The van der Waals surface area contributed by atoms with Gasteiger partial charge in [-0.3, -0.25) is 43.1 Å². The van der Waals surface area contributed by atoms with Crippen LogP contribution in [-0.4, -0.2) is 139 Å². The van der Waals surface area contributed by atoms with Gasteiger partial charge in [0.1, 0.15) is 37.3 Å². The number of rotatable bonds is 30. The predicted molar refractivity (Wildman–Crippen MR) is 335 cm³/mol. The molecule has 4 aliphatic rings. The Hall–Kier alpha value is -8.62. The SMILES string of the molecule is CCc1c2c(nc3ccc(O)cc13)-c1cc3c(c(=O)n1C2)COC(=O)C3(CC)OC(=O)OCCc1ccc(NC(=O)C(CCCCN)NC(=O)COCC(=O)NC(C)(C)CCOC(C)(C)CCn2cc(CNC(=O)C3CCC(CN4C(=O)CCC4=O)CC3)nn2)cc1. The fourth-order valence-corrected chi connectivity index (χ4v) is 12.4. The average molecular weight is 1270 g/mol. The molecule has 5 aromatic rings. The summed E-state index contributed by atoms with van der Waals surface area (Å²) in [4.78, 5) is 124. The minimum absolute atomic E-state index is 0.0401. The lowest BCUT2D eigenvalue weighted by Crippen LogP contribution is -2.47. The second-order valence-corrected chi connectivity index (χ2v) is 25.4. The van der Waals surface area contributed by atoms with Crippen LogP contribution in [-0.2, 0) is 102 Å². The number of phenols is 1. The number of nitrogens with zero attached hydrogens (tertiary/aromatic N) is 6. The highest BCUT2D eigenvalue weighted by Gasteiger charge is 2.51. The Balaban J connectivity index is 0.668. The minimum atomic E-state index is -1.98. The third kappa shape index (κ3) is 16.5. The number of nitrogens with two attached hydrogens (primary N) is 1. The number of unbranched alkanes of at least 4 members (excludes halogenated alkanes) is 1. The predicted octanol–water partition coefficient (Wildman–Crippen LogP) is 5.65. The van der Waals surface area contributed by atoms with Crippen molar-refractivity contribution in [3.63, 3.8) is 0 Å².